The van der Waals surface area contributed by atoms with Crippen LogP contribution in [-0.4, -0.2) is 65.6 Å². The Hall–Kier alpha value is -1.74. The van der Waals surface area contributed by atoms with Crippen molar-refractivity contribution in [3.05, 3.63) is 18.2 Å². The number of fused-ring (bicyclic) bond motifs is 1. The lowest BCUT2D eigenvalue weighted by Gasteiger charge is -2.29. The summed E-state index contributed by atoms with van der Waals surface area (Å²) in [5, 5.41) is 0.296. The predicted molar refractivity (Wildman–Crippen MR) is 102 cm³/mol. The third kappa shape index (κ3) is 3.98. The van der Waals surface area contributed by atoms with Gasteiger partial charge in [0.2, 0.25) is 5.91 Å². The van der Waals surface area contributed by atoms with Crippen molar-refractivity contribution < 1.29 is 17.9 Å². The van der Waals surface area contributed by atoms with Gasteiger partial charge < -0.3 is 14.6 Å². The van der Waals surface area contributed by atoms with Crippen molar-refractivity contribution in [2.75, 3.05) is 25.2 Å². The summed E-state index contributed by atoms with van der Waals surface area (Å²) in [5.41, 5.74) is 1.66. The fourth-order valence-electron chi connectivity index (χ4n) is 3.21. The normalized spacial score (nSPS) is 20.2. The Kier molecular flexibility index (Phi) is 5.47. The van der Waals surface area contributed by atoms with Crippen molar-refractivity contribution in [2.24, 2.45) is 0 Å². The number of nitrogens with zero attached hydrogens (tertiary/aromatic N) is 2. The molecule has 1 amide bonds. The molecular weight excluding hydrogens is 374 g/mol. The summed E-state index contributed by atoms with van der Waals surface area (Å²) in [4.78, 5) is 22.2. The van der Waals surface area contributed by atoms with Gasteiger partial charge in [-0.1, -0.05) is 11.8 Å². The van der Waals surface area contributed by atoms with Crippen LogP contribution in [0.25, 0.3) is 11.0 Å². The van der Waals surface area contributed by atoms with Crippen molar-refractivity contribution >= 4 is 38.5 Å². The molecule has 9 heteroatoms. The number of aromatic amines is 1. The lowest BCUT2D eigenvalue weighted by atomic mass is 10.2. The fourth-order valence-corrected chi connectivity index (χ4v) is 5.84. The molecule has 0 saturated carbocycles. The first-order valence-corrected chi connectivity index (χ1v) is 11.2. The highest BCUT2D eigenvalue weighted by Gasteiger charge is 2.35. The molecule has 2 heterocycles. The zero-order chi connectivity index (χ0) is 18.9. The molecule has 2 aromatic rings. The predicted octanol–water partition coefficient (Wildman–Crippen LogP) is 2.09. The Labute approximate surface area is 157 Å². The molecule has 1 aromatic heterocycles. The largest absolute Gasteiger partial charge is 0.497 e. The van der Waals surface area contributed by atoms with Gasteiger partial charge in [0, 0.05) is 18.7 Å². The maximum Gasteiger partial charge on any atom is 0.236 e. The number of thioether (sulfide) groups is 1. The number of amides is 1. The number of aromatic nitrogens is 2. The molecule has 1 aliphatic heterocycles. The summed E-state index contributed by atoms with van der Waals surface area (Å²) in [7, 11) is -1.42. The van der Waals surface area contributed by atoms with Crippen molar-refractivity contribution in [3.63, 3.8) is 0 Å². The summed E-state index contributed by atoms with van der Waals surface area (Å²) >= 11 is 1.35. The number of imidazole rings is 1. The molecule has 0 bridgehead atoms. The number of carbonyl (C=O) groups excluding carboxylic acids is 1. The van der Waals surface area contributed by atoms with E-state index in [0.29, 0.717) is 18.1 Å². The average Bonchev–Trinajstić information content (AvgIpc) is 3.16. The molecule has 142 valence electrons. The van der Waals surface area contributed by atoms with Crippen LogP contribution in [0.3, 0.4) is 0 Å². The molecule has 26 heavy (non-hydrogen) atoms. The van der Waals surface area contributed by atoms with Gasteiger partial charge >= 0.3 is 0 Å². The van der Waals surface area contributed by atoms with Crippen LogP contribution in [-0.2, 0) is 14.6 Å². The topological polar surface area (TPSA) is 92.4 Å². The van der Waals surface area contributed by atoms with Gasteiger partial charge in [-0.3, -0.25) is 4.79 Å². The average molecular weight is 398 g/mol. The number of H-pyrrole nitrogens is 1. The van der Waals surface area contributed by atoms with Crippen LogP contribution in [0.5, 0.6) is 5.75 Å². The van der Waals surface area contributed by atoms with E-state index in [9.17, 15) is 13.2 Å². The highest BCUT2D eigenvalue weighted by Crippen LogP contribution is 2.28. The molecule has 1 fully saturated rings. The molecule has 7 nitrogen and oxygen atoms in total. The molecule has 1 saturated heterocycles. The first kappa shape index (κ1) is 19.0. The number of methoxy groups -OCH3 is 1. The van der Waals surface area contributed by atoms with Crippen LogP contribution < -0.4 is 4.74 Å². The molecule has 2 atom stereocenters. The molecule has 1 N–H and O–H groups in total. The third-order valence-corrected chi connectivity index (χ3v) is 7.30. The Bertz CT molecular complexity index is 910. The minimum absolute atomic E-state index is 0.0577. The van der Waals surface area contributed by atoms with Crippen LogP contribution in [0.15, 0.2) is 23.4 Å². The molecular formula is C17H23N3O4S2. The smallest absolute Gasteiger partial charge is 0.236 e. The Balaban J connectivity index is 1.72. The number of rotatable bonds is 6. The second-order valence-electron chi connectivity index (χ2n) is 6.37. The standard InChI is InChI=1S/C17H23N3O4S2/c1-4-20(12-7-8-26(22,23)10-12)16(21)11(2)25-17-18-14-6-5-13(24-3)9-15(14)19-17/h5-6,9,11-12H,4,7-8,10H2,1-3H3,(H,18,19). The number of hydrogen-bond donors (Lipinski definition) is 1. The molecule has 2 unspecified atom stereocenters. The van der Waals surface area contributed by atoms with E-state index in [0.717, 1.165) is 16.8 Å². The van der Waals surface area contributed by atoms with Crippen molar-refractivity contribution in [1.29, 1.82) is 0 Å². The van der Waals surface area contributed by atoms with E-state index in [1.54, 1.807) is 12.0 Å². The highest BCUT2D eigenvalue weighted by molar-refractivity contribution is 8.00. The number of ether oxygens (including phenoxy) is 1. The molecule has 1 aliphatic rings. The van der Waals surface area contributed by atoms with E-state index in [4.69, 9.17) is 4.74 Å². The second kappa shape index (κ2) is 7.48. The third-order valence-electron chi connectivity index (χ3n) is 4.58. The lowest BCUT2D eigenvalue weighted by Crippen LogP contribution is -2.44. The van der Waals surface area contributed by atoms with Gasteiger partial charge in [-0.15, -0.1) is 0 Å². The highest BCUT2D eigenvalue weighted by atomic mass is 32.2. The van der Waals surface area contributed by atoms with Crippen LogP contribution in [0, 0.1) is 0 Å². The second-order valence-corrected chi connectivity index (χ2v) is 9.92. The molecule has 0 aliphatic carbocycles. The Morgan fingerprint density at radius 1 is 1.50 bits per heavy atom. The fraction of sp³-hybridized carbons (Fsp3) is 0.529. The molecule has 3 rings (SSSR count). The minimum Gasteiger partial charge on any atom is -0.497 e. The van der Waals surface area contributed by atoms with E-state index in [1.165, 1.54) is 11.8 Å². The SMILES string of the molecule is CCN(C(=O)C(C)Sc1nc2ccc(OC)cc2[nH]1)C1CCS(=O)(=O)C1. The van der Waals surface area contributed by atoms with Gasteiger partial charge in [0.1, 0.15) is 5.75 Å². The summed E-state index contributed by atoms with van der Waals surface area (Å²) in [6, 6.07) is 5.34. The summed E-state index contributed by atoms with van der Waals surface area (Å²) < 4.78 is 28.7. The molecule has 0 radical (unpaired) electrons. The first-order chi connectivity index (χ1) is 12.3. The van der Waals surface area contributed by atoms with Gasteiger partial charge in [-0.05, 0) is 32.4 Å². The molecule has 1 aromatic carbocycles. The zero-order valence-electron chi connectivity index (χ0n) is 15.1. The van der Waals surface area contributed by atoms with E-state index < -0.39 is 9.84 Å². The van der Waals surface area contributed by atoms with E-state index >= 15 is 0 Å². The van der Waals surface area contributed by atoms with Crippen molar-refractivity contribution in [3.8, 4) is 5.75 Å². The van der Waals surface area contributed by atoms with Crippen LogP contribution >= 0.6 is 11.8 Å². The van der Waals surface area contributed by atoms with Gasteiger partial charge in [0.25, 0.3) is 0 Å². The first-order valence-electron chi connectivity index (χ1n) is 8.54. The van der Waals surface area contributed by atoms with Crippen molar-refractivity contribution in [2.45, 2.75) is 36.7 Å². The van der Waals surface area contributed by atoms with Crippen LogP contribution in [0.2, 0.25) is 0 Å². The van der Waals surface area contributed by atoms with Gasteiger partial charge in [0.15, 0.2) is 15.0 Å². The van der Waals surface area contributed by atoms with Gasteiger partial charge in [-0.25, -0.2) is 13.4 Å². The number of sulfone groups is 1. The van der Waals surface area contributed by atoms with E-state index in [1.807, 2.05) is 32.0 Å². The Morgan fingerprint density at radius 3 is 2.88 bits per heavy atom. The number of benzene rings is 1. The summed E-state index contributed by atoms with van der Waals surface area (Å²) in [6.07, 6.45) is 0.518. The van der Waals surface area contributed by atoms with Gasteiger partial charge in [0.05, 0.1) is 34.9 Å². The summed E-state index contributed by atoms with van der Waals surface area (Å²) in [5.74, 6) is 0.905. The molecule has 0 spiro atoms. The number of carbonyl (C=O) groups is 1. The van der Waals surface area contributed by atoms with Crippen LogP contribution in [0.1, 0.15) is 20.3 Å². The maximum absolute atomic E-state index is 12.8. The van der Waals surface area contributed by atoms with Crippen molar-refractivity contribution in [1.82, 2.24) is 14.9 Å². The quantitative estimate of drug-likeness (QED) is 0.751. The maximum atomic E-state index is 12.8. The zero-order valence-corrected chi connectivity index (χ0v) is 16.7. The van der Waals surface area contributed by atoms with Crippen LogP contribution in [0.4, 0.5) is 0 Å². The lowest BCUT2D eigenvalue weighted by molar-refractivity contribution is -0.131. The van der Waals surface area contributed by atoms with E-state index in [-0.39, 0.29) is 28.7 Å². The van der Waals surface area contributed by atoms with Gasteiger partial charge in [-0.2, -0.15) is 0 Å². The minimum atomic E-state index is -3.02. The summed E-state index contributed by atoms with van der Waals surface area (Å²) in [6.45, 7) is 4.21. The Morgan fingerprint density at radius 2 is 2.27 bits per heavy atom. The van der Waals surface area contributed by atoms with E-state index in [2.05, 4.69) is 9.97 Å². The number of nitrogens with one attached hydrogen (secondary N) is 1. The number of hydrogen-bond acceptors (Lipinski definition) is 6. The monoisotopic (exact) mass is 397 g/mol.